The van der Waals surface area contributed by atoms with Crippen molar-refractivity contribution in [2.24, 2.45) is 0 Å². The Hall–Kier alpha value is -1.99. The largest absolute Gasteiger partial charge is 0.494 e. The smallest absolute Gasteiger partial charge is 0.399 e. The van der Waals surface area contributed by atoms with Crippen LogP contribution >= 0.6 is 0 Å². The standard InChI is InChI=1S/C20H23BF3NO2/c1-13-10-15(21-26-18(2,3)19(4,5)27-21)12-17(11-13)25-16-8-6-14(7-9-16)20(22,23)24/h6-12,25H,1-5H3. The summed E-state index contributed by atoms with van der Waals surface area (Å²) < 4.78 is 50.3. The van der Waals surface area contributed by atoms with Crippen molar-refractivity contribution in [1.29, 1.82) is 0 Å². The summed E-state index contributed by atoms with van der Waals surface area (Å²) >= 11 is 0. The van der Waals surface area contributed by atoms with Crippen molar-refractivity contribution in [1.82, 2.24) is 0 Å². The van der Waals surface area contributed by atoms with E-state index in [1.54, 1.807) is 0 Å². The Labute approximate surface area is 158 Å². The van der Waals surface area contributed by atoms with Gasteiger partial charge >= 0.3 is 13.3 Å². The van der Waals surface area contributed by atoms with E-state index in [4.69, 9.17) is 9.31 Å². The summed E-state index contributed by atoms with van der Waals surface area (Å²) in [5.74, 6) is 0. The van der Waals surface area contributed by atoms with Gasteiger partial charge in [0.25, 0.3) is 0 Å². The van der Waals surface area contributed by atoms with Gasteiger partial charge in [0.1, 0.15) is 0 Å². The molecule has 0 unspecified atom stereocenters. The van der Waals surface area contributed by atoms with E-state index in [-0.39, 0.29) is 0 Å². The molecule has 1 aliphatic heterocycles. The molecule has 0 spiro atoms. The minimum Gasteiger partial charge on any atom is -0.399 e. The van der Waals surface area contributed by atoms with E-state index < -0.39 is 30.1 Å². The number of hydrogen-bond donors (Lipinski definition) is 1. The van der Waals surface area contributed by atoms with Gasteiger partial charge in [0.2, 0.25) is 0 Å². The zero-order valence-electron chi connectivity index (χ0n) is 16.1. The summed E-state index contributed by atoms with van der Waals surface area (Å²) in [6.07, 6.45) is -4.34. The van der Waals surface area contributed by atoms with Crippen molar-refractivity contribution in [3.8, 4) is 0 Å². The molecule has 1 heterocycles. The molecule has 3 nitrogen and oxygen atoms in total. The van der Waals surface area contributed by atoms with Gasteiger partial charge in [-0.3, -0.25) is 0 Å². The summed E-state index contributed by atoms with van der Waals surface area (Å²) in [4.78, 5) is 0. The Morgan fingerprint density at radius 2 is 1.41 bits per heavy atom. The highest BCUT2D eigenvalue weighted by Gasteiger charge is 2.51. The van der Waals surface area contributed by atoms with Gasteiger partial charge in [-0.25, -0.2) is 0 Å². The summed E-state index contributed by atoms with van der Waals surface area (Å²) in [6.45, 7) is 9.91. The lowest BCUT2D eigenvalue weighted by Gasteiger charge is -2.32. The zero-order chi connectivity index (χ0) is 20.0. The van der Waals surface area contributed by atoms with Crippen molar-refractivity contribution in [3.05, 3.63) is 53.6 Å². The lowest BCUT2D eigenvalue weighted by molar-refractivity contribution is -0.137. The topological polar surface area (TPSA) is 30.5 Å². The lowest BCUT2D eigenvalue weighted by atomic mass is 9.78. The lowest BCUT2D eigenvalue weighted by Crippen LogP contribution is -2.41. The van der Waals surface area contributed by atoms with E-state index in [2.05, 4.69) is 5.32 Å². The first-order valence-corrected chi connectivity index (χ1v) is 8.79. The predicted octanol–water partition coefficient (Wildman–Crippen LogP) is 5.06. The molecule has 0 aliphatic carbocycles. The molecule has 144 valence electrons. The van der Waals surface area contributed by atoms with Gasteiger partial charge in [-0.05, 0) is 82.0 Å². The van der Waals surface area contributed by atoms with Crippen molar-refractivity contribution >= 4 is 24.0 Å². The first kappa shape index (κ1) is 19.8. The third-order valence-electron chi connectivity index (χ3n) is 5.13. The molecule has 0 amide bonds. The fourth-order valence-corrected chi connectivity index (χ4v) is 2.91. The molecule has 7 heteroatoms. The van der Waals surface area contributed by atoms with Gasteiger partial charge in [0.05, 0.1) is 16.8 Å². The van der Waals surface area contributed by atoms with Gasteiger partial charge in [-0.1, -0.05) is 6.07 Å². The van der Waals surface area contributed by atoms with Gasteiger partial charge in [-0.15, -0.1) is 0 Å². The Balaban J connectivity index is 1.82. The molecule has 0 aromatic heterocycles. The average Bonchev–Trinajstić information content (AvgIpc) is 2.74. The van der Waals surface area contributed by atoms with Crippen molar-refractivity contribution < 1.29 is 22.5 Å². The molecule has 1 N–H and O–H groups in total. The maximum absolute atomic E-state index is 12.7. The van der Waals surface area contributed by atoms with Gasteiger partial charge in [0.15, 0.2) is 0 Å². The van der Waals surface area contributed by atoms with Crippen molar-refractivity contribution in [2.75, 3.05) is 5.32 Å². The molecule has 2 aromatic rings. The minimum absolute atomic E-state index is 0.442. The van der Waals surface area contributed by atoms with Crippen LogP contribution in [0.1, 0.15) is 38.8 Å². The summed E-state index contributed by atoms with van der Waals surface area (Å²) in [5.41, 5.74) is 1.65. The third kappa shape index (κ3) is 4.14. The molecule has 3 rings (SSSR count). The second-order valence-electron chi connectivity index (χ2n) is 7.92. The van der Waals surface area contributed by atoms with E-state index in [1.165, 1.54) is 12.1 Å². The number of rotatable bonds is 3. The fourth-order valence-electron chi connectivity index (χ4n) is 2.91. The highest BCUT2D eigenvalue weighted by atomic mass is 19.4. The Kier molecular flexibility index (Phi) is 4.81. The number of alkyl halides is 3. The number of aryl methyl sites for hydroxylation is 1. The van der Waals surface area contributed by atoms with Gasteiger partial charge < -0.3 is 14.6 Å². The minimum atomic E-state index is -4.34. The fraction of sp³-hybridized carbons (Fsp3) is 0.400. The van der Waals surface area contributed by atoms with Crippen LogP contribution in [0.4, 0.5) is 24.5 Å². The van der Waals surface area contributed by atoms with E-state index in [9.17, 15) is 13.2 Å². The summed E-state index contributed by atoms with van der Waals surface area (Å²) in [6, 6.07) is 10.8. The highest BCUT2D eigenvalue weighted by molar-refractivity contribution is 6.62. The maximum atomic E-state index is 12.7. The maximum Gasteiger partial charge on any atom is 0.494 e. The van der Waals surface area contributed by atoms with Crippen molar-refractivity contribution in [3.63, 3.8) is 0 Å². The van der Waals surface area contributed by atoms with Crippen LogP contribution in [0.5, 0.6) is 0 Å². The molecule has 1 fully saturated rings. The van der Waals surface area contributed by atoms with E-state index >= 15 is 0 Å². The summed E-state index contributed by atoms with van der Waals surface area (Å²) in [7, 11) is -0.497. The van der Waals surface area contributed by atoms with E-state index in [1.807, 2.05) is 52.8 Å². The molecule has 2 aromatic carbocycles. The number of anilines is 2. The molecule has 0 radical (unpaired) electrons. The van der Waals surface area contributed by atoms with Crippen LogP contribution in [0, 0.1) is 6.92 Å². The Morgan fingerprint density at radius 1 is 0.852 bits per heavy atom. The molecule has 1 saturated heterocycles. The molecule has 1 aliphatic rings. The van der Waals surface area contributed by atoms with Gasteiger partial charge in [-0.2, -0.15) is 13.2 Å². The Morgan fingerprint density at radius 3 is 1.93 bits per heavy atom. The Bertz CT molecular complexity index is 816. The second-order valence-corrected chi connectivity index (χ2v) is 7.92. The SMILES string of the molecule is Cc1cc(Nc2ccc(C(F)(F)F)cc2)cc(B2OC(C)(C)C(C)(C)O2)c1. The van der Waals surface area contributed by atoms with Crippen LogP contribution in [0.3, 0.4) is 0 Å². The number of hydrogen-bond acceptors (Lipinski definition) is 3. The first-order valence-electron chi connectivity index (χ1n) is 8.79. The van der Waals surface area contributed by atoms with E-state index in [0.717, 1.165) is 28.8 Å². The van der Waals surface area contributed by atoms with Crippen LogP contribution in [-0.4, -0.2) is 18.3 Å². The number of benzene rings is 2. The quantitative estimate of drug-likeness (QED) is 0.759. The zero-order valence-corrected chi connectivity index (χ0v) is 16.1. The van der Waals surface area contributed by atoms with Crippen LogP contribution in [-0.2, 0) is 15.5 Å². The van der Waals surface area contributed by atoms with Crippen LogP contribution < -0.4 is 10.8 Å². The third-order valence-corrected chi connectivity index (χ3v) is 5.13. The molecule has 27 heavy (non-hydrogen) atoms. The molecular weight excluding hydrogens is 354 g/mol. The van der Waals surface area contributed by atoms with Crippen LogP contribution in [0.15, 0.2) is 42.5 Å². The van der Waals surface area contributed by atoms with E-state index in [0.29, 0.717) is 5.69 Å². The average molecular weight is 377 g/mol. The summed E-state index contributed by atoms with van der Waals surface area (Å²) in [5, 5.41) is 3.15. The van der Waals surface area contributed by atoms with Crippen LogP contribution in [0.2, 0.25) is 0 Å². The molecule has 0 bridgehead atoms. The first-order chi connectivity index (χ1) is 12.4. The van der Waals surface area contributed by atoms with Crippen molar-refractivity contribution in [2.45, 2.75) is 52.0 Å². The molecular formula is C20H23BF3NO2. The van der Waals surface area contributed by atoms with Crippen LogP contribution in [0.25, 0.3) is 0 Å². The number of halogens is 3. The predicted molar refractivity (Wildman–Crippen MR) is 102 cm³/mol. The van der Waals surface area contributed by atoms with Gasteiger partial charge in [0, 0.05) is 11.4 Å². The monoisotopic (exact) mass is 377 g/mol. The molecule has 0 saturated carbocycles. The normalized spacial score (nSPS) is 18.6. The molecule has 0 atom stereocenters. The number of nitrogens with one attached hydrogen (secondary N) is 1. The second kappa shape index (κ2) is 6.57. The highest BCUT2D eigenvalue weighted by Crippen LogP contribution is 2.37.